The van der Waals surface area contributed by atoms with Gasteiger partial charge in [-0.25, -0.2) is 0 Å². The van der Waals surface area contributed by atoms with Crippen molar-refractivity contribution in [2.45, 2.75) is 26.8 Å². The molecule has 6 heteroatoms. The predicted molar refractivity (Wildman–Crippen MR) is 81.7 cm³/mol. The third-order valence-corrected chi connectivity index (χ3v) is 3.42. The molecule has 0 fully saturated rings. The summed E-state index contributed by atoms with van der Waals surface area (Å²) in [6.07, 6.45) is 1.07. The second-order valence-corrected chi connectivity index (χ2v) is 5.49. The lowest BCUT2D eigenvalue weighted by molar-refractivity contribution is 0.116. The van der Waals surface area contributed by atoms with Crippen LogP contribution in [0.25, 0.3) is 11.2 Å². The van der Waals surface area contributed by atoms with Crippen molar-refractivity contribution in [1.82, 2.24) is 14.5 Å². The van der Waals surface area contributed by atoms with E-state index in [1.165, 1.54) is 0 Å². The Hall–Kier alpha value is -1.40. The third kappa shape index (κ3) is 3.58. The van der Waals surface area contributed by atoms with E-state index in [1.54, 1.807) is 7.11 Å². The molecule has 0 amide bonds. The molecule has 0 aliphatic rings. The van der Waals surface area contributed by atoms with Gasteiger partial charge >= 0.3 is 0 Å². The Morgan fingerprint density at radius 2 is 2.15 bits per heavy atom. The summed E-state index contributed by atoms with van der Waals surface area (Å²) >= 11 is 5.32. The van der Waals surface area contributed by atoms with Crippen LogP contribution in [0.1, 0.15) is 20.3 Å². The van der Waals surface area contributed by atoms with Gasteiger partial charge in [0.25, 0.3) is 0 Å². The Labute approximate surface area is 123 Å². The van der Waals surface area contributed by atoms with Gasteiger partial charge < -0.3 is 14.5 Å². The van der Waals surface area contributed by atoms with Crippen LogP contribution in [0.5, 0.6) is 5.88 Å². The number of methoxy groups -OCH3 is 1. The van der Waals surface area contributed by atoms with Crippen LogP contribution in [0.4, 0.5) is 0 Å². The van der Waals surface area contributed by atoms with Gasteiger partial charge in [-0.3, -0.25) is 4.57 Å². The average molecular weight is 295 g/mol. The Kier molecular flexibility index (Phi) is 5.14. The normalized spacial score (nSPS) is 11.4. The largest absolute Gasteiger partial charge is 0.481 e. The number of nitrogens with one attached hydrogen (secondary N) is 1. The summed E-state index contributed by atoms with van der Waals surface area (Å²) in [7, 11) is 1.61. The van der Waals surface area contributed by atoms with Crippen LogP contribution in [0.3, 0.4) is 0 Å². The van der Waals surface area contributed by atoms with Gasteiger partial charge in [0.2, 0.25) is 5.88 Å². The molecule has 0 saturated carbocycles. The molecule has 0 aliphatic carbocycles. The molecule has 5 nitrogen and oxygen atoms in total. The predicted octanol–water partition coefficient (Wildman–Crippen LogP) is 3.17. The van der Waals surface area contributed by atoms with Crippen molar-refractivity contribution in [3.8, 4) is 5.88 Å². The molecule has 1 N–H and O–H groups in total. The lowest BCUT2D eigenvalue weighted by atomic mass is 10.1. The number of pyridine rings is 1. The first-order valence-electron chi connectivity index (χ1n) is 6.83. The van der Waals surface area contributed by atoms with E-state index in [1.807, 2.05) is 16.7 Å². The van der Waals surface area contributed by atoms with E-state index in [9.17, 15) is 0 Å². The van der Waals surface area contributed by atoms with Crippen molar-refractivity contribution in [3.63, 3.8) is 0 Å². The zero-order chi connectivity index (χ0) is 14.5. The van der Waals surface area contributed by atoms with Gasteiger partial charge in [-0.05, 0) is 30.6 Å². The number of ether oxygens (including phenoxy) is 2. The van der Waals surface area contributed by atoms with E-state index < -0.39 is 0 Å². The van der Waals surface area contributed by atoms with Gasteiger partial charge in [0.05, 0.1) is 25.8 Å². The smallest absolute Gasteiger partial charge is 0.215 e. The summed E-state index contributed by atoms with van der Waals surface area (Å²) in [6.45, 7) is 6.48. The Balaban J connectivity index is 2.05. The molecule has 0 aromatic carbocycles. The molecule has 2 aromatic rings. The molecule has 0 unspecified atom stereocenters. The molecule has 0 bridgehead atoms. The number of hydrogen-bond donors (Lipinski definition) is 1. The molecular weight excluding hydrogens is 274 g/mol. The number of rotatable bonds is 7. The molecule has 0 aliphatic heterocycles. The molecular formula is C14H21N3O2S. The Morgan fingerprint density at radius 3 is 2.85 bits per heavy atom. The van der Waals surface area contributed by atoms with Crippen molar-refractivity contribution in [2.75, 3.05) is 20.3 Å². The van der Waals surface area contributed by atoms with Crippen LogP contribution in [-0.4, -0.2) is 34.9 Å². The monoisotopic (exact) mass is 295 g/mol. The van der Waals surface area contributed by atoms with Gasteiger partial charge in [0.1, 0.15) is 0 Å². The van der Waals surface area contributed by atoms with Gasteiger partial charge in [-0.2, -0.15) is 4.98 Å². The quantitative estimate of drug-likeness (QED) is 0.629. The van der Waals surface area contributed by atoms with E-state index in [0.717, 1.165) is 24.2 Å². The van der Waals surface area contributed by atoms with Gasteiger partial charge in [0.15, 0.2) is 10.4 Å². The van der Waals surface area contributed by atoms with Crippen molar-refractivity contribution >= 4 is 23.4 Å². The first-order chi connectivity index (χ1) is 9.61. The fraction of sp³-hybridized carbons (Fsp3) is 0.571. The van der Waals surface area contributed by atoms with Crippen LogP contribution >= 0.6 is 12.2 Å². The van der Waals surface area contributed by atoms with Gasteiger partial charge in [-0.15, -0.1) is 0 Å². The summed E-state index contributed by atoms with van der Waals surface area (Å²) in [6, 6.07) is 3.74. The maximum absolute atomic E-state index is 5.64. The van der Waals surface area contributed by atoms with Gasteiger partial charge in [0, 0.05) is 12.7 Å². The number of fused-ring (bicyclic) bond motifs is 1. The molecule has 2 aromatic heterocycles. The summed E-state index contributed by atoms with van der Waals surface area (Å²) in [5.74, 6) is 1.25. The average Bonchev–Trinajstić information content (AvgIpc) is 2.73. The molecule has 0 spiro atoms. The summed E-state index contributed by atoms with van der Waals surface area (Å²) < 4.78 is 13.4. The minimum absolute atomic E-state index is 0.584. The first kappa shape index (κ1) is 15.0. The number of nitrogens with zero attached hydrogens (tertiary/aromatic N) is 2. The fourth-order valence-corrected chi connectivity index (χ4v) is 2.20. The molecule has 0 atom stereocenters. The zero-order valence-electron chi connectivity index (χ0n) is 12.2. The van der Waals surface area contributed by atoms with E-state index >= 15 is 0 Å². The molecule has 2 heterocycles. The summed E-state index contributed by atoms with van der Waals surface area (Å²) in [4.78, 5) is 7.57. The number of aromatic nitrogens is 3. The molecule has 0 saturated heterocycles. The van der Waals surface area contributed by atoms with Crippen LogP contribution in [0.2, 0.25) is 0 Å². The standard InChI is InChI=1S/C14H21N3O2S/c1-10(2)6-8-19-9-7-17-13-11(15-14(17)20)4-5-12(16-13)18-3/h4-5,10H,6-9H2,1-3H3,(H,15,20). The highest BCUT2D eigenvalue weighted by Crippen LogP contribution is 2.16. The Bertz CT molecular complexity index is 618. The molecule has 110 valence electrons. The Morgan fingerprint density at radius 1 is 1.35 bits per heavy atom. The molecule has 2 rings (SSSR count). The van der Waals surface area contributed by atoms with E-state index in [2.05, 4.69) is 23.8 Å². The fourth-order valence-electron chi connectivity index (χ4n) is 1.91. The van der Waals surface area contributed by atoms with Crippen molar-refractivity contribution in [2.24, 2.45) is 5.92 Å². The van der Waals surface area contributed by atoms with E-state index in [-0.39, 0.29) is 0 Å². The van der Waals surface area contributed by atoms with E-state index in [0.29, 0.717) is 29.7 Å². The van der Waals surface area contributed by atoms with Crippen molar-refractivity contribution in [3.05, 3.63) is 16.9 Å². The second kappa shape index (κ2) is 6.85. The summed E-state index contributed by atoms with van der Waals surface area (Å²) in [5, 5.41) is 0. The lowest BCUT2D eigenvalue weighted by Gasteiger charge is -2.07. The van der Waals surface area contributed by atoms with Crippen LogP contribution in [0, 0.1) is 10.7 Å². The zero-order valence-corrected chi connectivity index (χ0v) is 13.0. The second-order valence-electron chi connectivity index (χ2n) is 5.10. The number of aromatic amines is 1. The van der Waals surface area contributed by atoms with Crippen LogP contribution < -0.4 is 4.74 Å². The molecule has 20 heavy (non-hydrogen) atoms. The highest BCUT2D eigenvalue weighted by molar-refractivity contribution is 7.71. The minimum atomic E-state index is 0.584. The first-order valence-corrected chi connectivity index (χ1v) is 7.24. The van der Waals surface area contributed by atoms with Crippen LogP contribution in [-0.2, 0) is 11.3 Å². The summed E-state index contributed by atoms with van der Waals surface area (Å²) in [5.41, 5.74) is 1.72. The maximum Gasteiger partial charge on any atom is 0.215 e. The topological polar surface area (TPSA) is 52.1 Å². The third-order valence-electron chi connectivity index (χ3n) is 3.10. The van der Waals surface area contributed by atoms with Gasteiger partial charge in [-0.1, -0.05) is 13.8 Å². The van der Waals surface area contributed by atoms with Crippen molar-refractivity contribution in [1.29, 1.82) is 0 Å². The highest BCUT2D eigenvalue weighted by atomic mass is 32.1. The number of hydrogen-bond acceptors (Lipinski definition) is 4. The number of H-pyrrole nitrogens is 1. The van der Waals surface area contributed by atoms with Crippen LogP contribution in [0.15, 0.2) is 12.1 Å². The van der Waals surface area contributed by atoms with E-state index in [4.69, 9.17) is 21.7 Å². The molecule has 0 radical (unpaired) electrons. The number of imidazole rings is 1. The maximum atomic E-state index is 5.64. The lowest BCUT2D eigenvalue weighted by Crippen LogP contribution is -2.08. The highest BCUT2D eigenvalue weighted by Gasteiger charge is 2.07. The minimum Gasteiger partial charge on any atom is -0.481 e. The van der Waals surface area contributed by atoms with Crippen molar-refractivity contribution < 1.29 is 9.47 Å². The SMILES string of the molecule is COc1ccc2[nH]c(=S)n(CCOCCC(C)C)c2n1.